The molecule has 0 fully saturated rings. The highest BCUT2D eigenvalue weighted by molar-refractivity contribution is 5.84. The Morgan fingerprint density at radius 1 is 1.43 bits per heavy atom. The molecule has 2 heterocycles. The third-order valence-corrected chi connectivity index (χ3v) is 3.66. The summed E-state index contributed by atoms with van der Waals surface area (Å²) in [5, 5.41) is 3.12. The molecule has 1 aromatic rings. The van der Waals surface area contributed by atoms with Crippen LogP contribution in [0, 0.1) is 5.92 Å². The average Bonchev–Trinajstić information content (AvgIpc) is 2.95. The van der Waals surface area contributed by atoms with Gasteiger partial charge in [0.15, 0.2) is 6.73 Å². The summed E-state index contributed by atoms with van der Waals surface area (Å²) in [5.41, 5.74) is 1.99. The standard InChI is InChI=1S/C16H17NO4/c1-10-13(21-16(18)8-14(10)19-2)6-4-11-3-5-12-15(7-11)20-9-17-12/h3-8,10,13,17H,9H2,1-2H3/b6-4+. The number of esters is 1. The van der Waals surface area contributed by atoms with E-state index in [1.807, 2.05) is 37.3 Å². The number of cyclic esters (lactones) is 1. The molecule has 0 amide bonds. The number of carbonyl (C=O) groups excluding carboxylic acids is 1. The normalized spacial score (nSPS) is 23.9. The number of hydrogen-bond acceptors (Lipinski definition) is 5. The van der Waals surface area contributed by atoms with Crippen LogP contribution in [0.15, 0.2) is 36.1 Å². The van der Waals surface area contributed by atoms with Gasteiger partial charge in [-0.05, 0) is 23.8 Å². The Morgan fingerprint density at radius 2 is 2.29 bits per heavy atom. The quantitative estimate of drug-likeness (QED) is 0.866. The van der Waals surface area contributed by atoms with E-state index in [2.05, 4.69) is 5.32 Å². The molecule has 0 saturated carbocycles. The summed E-state index contributed by atoms with van der Waals surface area (Å²) in [5.74, 6) is 1.10. The predicted octanol–water partition coefficient (Wildman–Crippen LogP) is 2.55. The van der Waals surface area contributed by atoms with Gasteiger partial charge in [-0.2, -0.15) is 0 Å². The highest BCUT2D eigenvalue weighted by Gasteiger charge is 2.28. The van der Waals surface area contributed by atoms with Crippen LogP contribution in [0.1, 0.15) is 12.5 Å². The maximum Gasteiger partial charge on any atom is 0.334 e. The minimum atomic E-state index is -0.374. The van der Waals surface area contributed by atoms with Crippen LogP contribution < -0.4 is 10.1 Å². The van der Waals surface area contributed by atoms with E-state index < -0.39 is 0 Å². The van der Waals surface area contributed by atoms with Gasteiger partial charge < -0.3 is 19.5 Å². The van der Waals surface area contributed by atoms with Crippen LogP contribution in [0.25, 0.3) is 6.08 Å². The molecule has 1 N–H and O–H groups in total. The van der Waals surface area contributed by atoms with Crippen molar-refractivity contribution < 1.29 is 19.0 Å². The summed E-state index contributed by atoms with van der Waals surface area (Å²) in [7, 11) is 1.56. The van der Waals surface area contributed by atoms with E-state index in [1.54, 1.807) is 7.11 Å². The lowest BCUT2D eigenvalue weighted by Crippen LogP contribution is -2.29. The van der Waals surface area contributed by atoms with Crippen molar-refractivity contribution in [2.45, 2.75) is 13.0 Å². The Morgan fingerprint density at radius 3 is 3.10 bits per heavy atom. The van der Waals surface area contributed by atoms with Crippen LogP contribution in [0.4, 0.5) is 5.69 Å². The first-order chi connectivity index (χ1) is 10.2. The number of ether oxygens (including phenoxy) is 3. The Labute approximate surface area is 123 Å². The molecule has 110 valence electrons. The number of nitrogens with one attached hydrogen (secondary N) is 1. The number of anilines is 1. The molecule has 0 saturated heterocycles. The van der Waals surface area contributed by atoms with E-state index in [-0.39, 0.29) is 18.0 Å². The van der Waals surface area contributed by atoms with Crippen LogP contribution in [0.5, 0.6) is 5.75 Å². The monoisotopic (exact) mass is 287 g/mol. The zero-order chi connectivity index (χ0) is 14.8. The number of methoxy groups -OCH3 is 1. The number of rotatable bonds is 3. The summed E-state index contributed by atoms with van der Waals surface area (Å²) in [6, 6.07) is 5.91. The lowest BCUT2D eigenvalue weighted by molar-refractivity contribution is -0.145. The van der Waals surface area contributed by atoms with Crippen molar-refractivity contribution in [1.29, 1.82) is 0 Å². The highest BCUT2D eigenvalue weighted by atomic mass is 16.6. The number of hydrogen-bond donors (Lipinski definition) is 1. The Balaban J connectivity index is 1.77. The van der Waals surface area contributed by atoms with Crippen molar-refractivity contribution in [3.8, 4) is 5.75 Å². The van der Waals surface area contributed by atoms with Crippen molar-refractivity contribution >= 4 is 17.7 Å². The second-order valence-electron chi connectivity index (χ2n) is 5.02. The zero-order valence-corrected chi connectivity index (χ0v) is 12.0. The van der Waals surface area contributed by atoms with E-state index in [1.165, 1.54) is 6.08 Å². The molecule has 21 heavy (non-hydrogen) atoms. The molecule has 2 unspecified atom stereocenters. The van der Waals surface area contributed by atoms with E-state index >= 15 is 0 Å². The summed E-state index contributed by atoms with van der Waals surface area (Å²) >= 11 is 0. The molecular formula is C16H17NO4. The van der Waals surface area contributed by atoms with Crippen LogP contribution in [0.3, 0.4) is 0 Å². The van der Waals surface area contributed by atoms with Gasteiger partial charge in [0.05, 0.1) is 24.8 Å². The molecule has 5 heteroatoms. The van der Waals surface area contributed by atoms with Crippen LogP contribution in [-0.2, 0) is 14.3 Å². The van der Waals surface area contributed by atoms with Gasteiger partial charge in [0.2, 0.25) is 0 Å². The fraction of sp³-hybridized carbons (Fsp3) is 0.312. The van der Waals surface area contributed by atoms with Gasteiger partial charge in [-0.25, -0.2) is 4.79 Å². The minimum absolute atomic E-state index is 0.00343. The van der Waals surface area contributed by atoms with Crippen molar-refractivity contribution in [3.05, 3.63) is 41.7 Å². The fourth-order valence-electron chi connectivity index (χ4n) is 2.44. The lowest BCUT2D eigenvalue weighted by atomic mass is 9.98. The summed E-state index contributed by atoms with van der Waals surface area (Å²) < 4.78 is 16.0. The summed E-state index contributed by atoms with van der Waals surface area (Å²) in [6.45, 7) is 2.47. The molecule has 5 nitrogen and oxygen atoms in total. The van der Waals surface area contributed by atoms with Crippen LogP contribution >= 0.6 is 0 Å². The Kier molecular flexibility index (Phi) is 3.56. The average molecular weight is 287 g/mol. The Hall–Kier alpha value is -2.43. The third-order valence-electron chi connectivity index (χ3n) is 3.66. The molecule has 0 aromatic heterocycles. The predicted molar refractivity (Wildman–Crippen MR) is 78.7 cm³/mol. The molecule has 2 aliphatic rings. The second-order valence-corrected chi connectivity index (χ2v) is 5.02. The van der Waals surface area contributed by atoms with Crippen LogP contribution in [-0.4, -0.2) is 25.9 Å². The largest absolute Gasteiger partial charge is 0.500 e. The second kappa shape index (κ2) is 5.52. The van der Waals surface area contributed by atoms with E-state index in [0.717, 1.165) is 17.0 Å². The third kappa shape index (κ3) is 2.72. The van der Waals surface area contributed by atoms with Gasteiger partial charge in [0, 0.05) is 0 Å². The van der Waals surface area contributed by atoms with E-state index in [0.29, 0.717) is 12.5 Å². The first-order valence-corrected chi connectivity index (χ1v) is 6.82. The minimum Gasteiger partial charge on any atom is -0.500 e. The number of benzene rings is 1. The molecule has 2 aliphatic heterocycles. The fourth-order valence-corrected chi connectivity index (χ4v) is 2.44. The maximum atomic E-state index is 11.5. The molecule has 0 aliphatic carbocycles. The first-order valence-electron chi connectivity index (χ1n) is 6.82. The first kappa shape index (κ1) is 13.5. The number of carbonyl (C=O) groups is 1. The summed E-state index contributed by atoms with van der Waals surface area (Å²) in [4.78, 5) is 11.5. The molecule has 1 aromatic carbocycles. The smallest absolute Gasteiger partial charge is 0.334 e. The molecule has 3 rings (SSSR count). The van der Waals surface area contributed by atoms with Gasteiger partial charge in [-0.15, -0.1) is 0 Å². The van der Waals surface area contributed by atoms with Crippen molar-refractivity contribution in [2.24, 2.45) is 5.92 Å². The Bertz CT molecular complexity index is 621. The molecule has 0 spiro atoms. The SMILES string of the molecule is COC1=CC(=O)OC(/C=C/c2ccc3c(c2)OCN3)C1C. The van der Waals surface area contributed by atoms with Crippen LogP contribution in [0.2, 0.25) is 0 Å². The molecule has 0 radical (unpaired) electrons. The van der Waals surface area contributed by atoms with E-state index in [4.69, 9.17) is 14.2 Å². The summed E-state index contributed by atoms with van der Waals surface area (Å²) in [6.07, 6.45) is 4.86. The maximum absolute atomic E-state index is 11.5. The van der Waals surface area contributed by atoms with Gasteiger partial charge in [-0.3, -0.25) is 0 Å². The molecular weight excluding hydrogens is 270 g/mol. The van der Waals surface area contributed by atoms with Gasteiger partial charge in [0.1, 0.15) is 17.6 Å². The van der Waals surface area contributed by atoms with Gasteiger partial charge in [-0.1, -0.05) is 19.1 Å². The highest BCUT2D eigenvalue weighted by Crippen LogP contribution is 2.31. The van der Waals surface area contributed by atoms with Crippen molar-refractivity contribution in [2.75, 3.05) is 19.2 Å². The van der Waals surface area contributed by atoms with Gasteiger partial charge in [0.25, 0.3) is 0 Å². The van der Waals surface area contributed by atoms with Crippen molar-refractivity contribution in [3.63, 3.8) is 0 Å². The molecule has 2 atom stereocenters. The zero-order valence-electron chi connectivity index (χ0n) is 12.0. The van der Waals surface area contributed by atoms with Gasteiger partial charge >= 0.3 is 5.97 Å². The number of fused-ring (bicyclic) bond motifs is 1. The molecule has 0 bridgehead atoms. The lowest BCUT2D eigenvalue weighted by Gasteiger charge is -2.26. The topological polar surface area (TPSA) is 56.8 Å². The van der Waals surface area contributed by atoms with E-state index in [9.17, 15) is 4.79 Å². The van der Waals surface area contributed by atoms with Crippen molar-refractivity contribution in [1.82, 2.24) is 0 Å².